The van der Waals surface area contributed by atoms with Crippen LogP contribution in [0.1, 0.15) is 20.3 Å². The molecular weight excluding hydrogens is 172 g/mol. The molecule has 0 radical (unpaired) electrons. The van der Waals surface area contributed by atoms with Gasteiger partial charge in [0.1, 0.15) is 0 Å². The summed E-state index contributed by atoms with van der Waals surface area (Å²) in [6.07, 6.45) is 0.0734. The largest absolute Gasteiger partial charge is 0.466 e. The molecule has 0 spiro atoms. The molecule has 0 aromatic heterocycles. The third-order valence-electron chi connectivity index (χ3n) is 1.45. The standard InChI is InChI=1S/C9H18O4/c1-4-12-8(7-11-3)6-9(10)13-5-2/h8H,4-7H2,1-3H3. The van der Waals surface area contributed by atoms with Crippen LogP contribution < -0.4 is 0 Å². The van der Waals surface area contributed by atoms with Crippen LogP contribution in [-0.2, 0) is 19.0 Å². The summed E-state index contributed by atoms with van der Waals surface area (Å²) >= 11 is 0. The maximum Gasteiger partial charge on any atom is 0.308 e. The molecule has 1 atom stereocenters. The van der Waals surface area contributed by atoms with E-state index in [0.717, 1.165) is 0 Å². The number of carbonyl (C=O) groups is 1. The zero-order valence-corrected chi connectivity index (χ0v) is 8.54. The van der Waals surface area contributed by atoms with Crippen LogP contribution in [0.4, 0.5) is 0 Å². The van der Waals surface area contributed by atoms with Crippen molar-refractivity contribution < 1.29 is 19.0 Å². The van der Waals surface area contributed by atoms with Crippen molar-refractivity contribution in [1.29, 1.82) is 0 Å². The topological polar surface area (TPSA) is 44.8 Å². The molecule has 1 unspecified atom stereocenters. The van der Waals surface area contributed by atoms with E-state index < -0.39 is 0 Å². The van der Waals surface area contributed by atoms with Crippen molar-refractivity contribution >= 4 is 5.97 Å². The lowest BCUT2D eigenvalue weighted by molar-refractivity contribution is -0.147. The quantitative estimate of drug-likeness (QED) is 0.562. The third kappa shape index (κ3) is 6.54. The summed E-state index contributed by atoms with van der Waals surface area (Å²) in [7, 11) is 1.58. The maximum absolute atomic E-state index is 11.0. The number of rotatable bonds is 7. The Kier molecular flexibility index (Phi) is 7.63. The first-order valence-electron chi connectivity index (χ1n) is 4.50. The number of esters is 1. The smallest absolute Gasteiger partial charge is 0.308 e. The van der Waals surface area contributed by atoms with Gasteiger partial charge in [-0.25, -0.2) is 0 Å². The minimum atomic E-state index is -0.238. The third-order valence-corrected chi connectivity index (χ3v) is 1.45. The molecule has 78 valence electrons. The fourth-order valence-electron chi connectivity index (χ4n) is 0.993. The van der Waals surface area contributed by atoms with E-state index in [0.29, 0.717) is 19.8 Å². The molecule has 0 saturated carbocycles. The second kappa shape index (κ2) is 8.01. The molecule has 4 nitrogen and oxygen atoms in total. The Morgan fingerprint density at radius 2 is 2.00 bits per heavy atom. The highest BCUT2D eigenvalue weighted by Gasteiger charge is 2.14. The molecule has 0 aromatic rings. The van der Waals surface area contributed by atoms with Gasteiger partial charge in [0.2, 0.25) is 0 Å². The van der Waals surface area contributed by atoms with Crippen LogP contribution in [0.2, 0.25) is 0 Å². The van der Waals surface area contributed by atoms with Crippen molar-refractivity contribution in [3.05, 3.63) is 0 Å². The molecule has 4 heteroatoms. The first-order valence-corrected chi connectivity index (χ1v) is 4.50. The molecule has 0 rings (SSSR count). The van der Waals surface area contributed by atoms with Crippen molar-refractivity contribution in [3.8, 4) is 0 Å². The van der Waals surface area contributed by atoms with Gasteiger partial charge >= 0.3 is 5.97 Å². The van der Waals surface area contributed by atoms with E-state index in [1.165, 1.54) is 0 Å². The predicted molar refractivity (Wildman–Crippen MR) is 48.5 cm³/mol. The van der Waals surface area contributed by atoms with Gasteiger partial charge in [0.25, 0.3) is 0 Å². The second-order valence-corrected chi connectivity index (χ2v) is 2.54. The van der Waals surface area contributed by atoms with E-state index in [1.807, 2.05) is 6.92 Å². The van der Waals surface area contributed by atoms with E-state index in [2.05, 4.69) is 0 Å². The number of carbonyl (C=O) groups excluding carboxylic acids is 1. The van der Waals surface area contributed by atoms with E-state index in [1.54, 1.807) is 14.0 Å². The number of hydrogen-bond acceptors (Lipinski definition) is 4. The number of hydrogen-bond donors (Lipinski definition) is 0. The first-order chi connectivity index (χ1) is 6.24. The normalized spacial score (nSPS) is 12.5. The Bertz CT molecular complexity index is 130. The highest BCUT2D eigenvalue weighted by molar-refractivity contribution is 5.69. The second-order valence-electron chi connectivity index (χ2n) is 2.54. The molecular formula is C9H18O4. The first kappa shape index (κ1) is 12.4. The Morgan fingerprint density at radius 1 is 1.31 bits per heavy atom. The van der Waals surface area contributed by atoms with E-state index in [9.17, 15) is 4.79 Å². The van der Waals surface area contributed by atoms with Crippen LogP contribution in [0, 0.1) is 0 Å². The van der Waals surface area contributed by atoms with Crippen LogP contribution >= 0.6 is 0 Å². The molecule has 0 bridgehead atoms. The van der Waals surface area contributed by atoms with Gasteiger partial charge in [-0.2, -0.15) is 0 Å². The molecule has 0 aromatic carbocycles. The van der Waals surface area contributed by atoms with Crippen LogP contribution in [0.15, 0.2) is 0 Å². The SMILES string of the molecule is CCOC(=O)CC(COC)OCC. The highest BCUT2D eigenvalue weighted by atomic mass is 16.5. The van der Waals surface area contributed by atoms with E-state index in [4.69, 9.17) is 14.2 Å². The lowest BCUT2D eigenvalue weighted by atomic mass is 10.2. The van der Waals surface area contributed by atoms with Gasteiger partial charge in [-0.3, -0.25) is 4.79 Å². The molecule has 0 N–H and O–H groups in total. The average molecular weight is 190 g/mol. The Morgan fingerprint density at radius 3 is 2.46 bits per heavy atom. The lowest BCUT2D eigenvalue weighted by Crippen LogP contribution is -2.24. The van der Waals surface area contributed by atoms with Gasteiger partial charge in [0.15, 0.2) is 0 Å². The van der Waals surface area contributed by atoms with Gasteiger partial charge in [0.05, 0.1) is 25.7 Å². The summed E-state index contributed by atoms with van der Waals surface area (Å²) in [5, 5.41) is 0. The van der Waals surface area contributed by atoms with Crippen LogP contribution in [0.25, 0.3) is 0 Å². The van der Waals surface area contributed by atoms with E-state index >= 15 is 0 Å². The fourth-order valence-corrected chi connectivity index (χ4v) is 0.993. The number of ether oxygens (including phenoxy) is 3. The maximum atomic E-state index is 11.0. The van der Waals surface area contributed by atoms with Crippen LogP contribution in [-0.4, -0.2) is 39.0 Å². The van der Waals surface area contributed by atoms with Gasteiger partial charge in [-0.15, -0.1) is 0 Å². The molecule has 0 aliphatic carbocycles. The van der Waals surface area contributed by atoms with Crippen molar-refractivity contribution in [3.63, 3.8) is 0 Å². The van der Waals surface area contributed by atoms with Crippen molar-refractivity contribution in [2.75, 3.05) is 26.9 Å². The number of methoxy groups -OCH3 is 1. The minimum Gasteiger partial charge on any atom is -0.466 e. The summed E-state index contributed by atoms with van der Waals surface area (Å²) in [6, 6.07) is 0. The summed E-state index contributed by atoms with van der Waals surface area (Å²) < 4.78 is 15.0. The molecule has 0 saturated heterocycles. The van der Waals surface area contributed by atoms with E-state index in [-0.39, 0.29) is 18.5 Å². The molecule has 0 amide bonds. The average Bonchev–Trinajstić information content (AvgIpc) is 2.05. The molecule has 0 aliphatic rings. The zero-order valence-electron chi connectivity index (χ0n) is 8.54. The van der Waals surface area contributed by atoms with Crippen molar-refractivity contribution in [2.24, 2.45) is 0 Å². The minimum absolute atomic E-state index is 0.186. The van der Waals surface area contributed by atoms with Crippen molar-refractivity contribution in [2.45, 2.75) is 26.4 Å². The van der Waals surface area contributed by atoms with Crippen molar-refractivity contribution in [1.82, 2.24) is 0 Å². The highest BCUT2D eigenvalue weighted by Crippen LogP contribution is 2.01. The summed E-state index contributed by atoms with van der Waals surface area (Å²) in [6.45, 7) is 5.07. The molecule has 13 heavy (non-hydrogen) atoms. The molecule has 0 aliphatic heterocycles. The molecule has 0 heterocycles. The predicted octanol–water partition coefficient (Wildman–Crippen LogP) is 0.991. The Labute approximate surface area is 79.2 Å². The van der Waals surface area contributed by atoms with Gasteiger partial charge in [-0.1, -0.05) is 0 Å². The van der Waals surface area contributed by atoms with Gasteiger partial charge in [-0.05, 0) is 13.8 Å². The van der Waals surface area contributed by atoms with Crippen LogP contribution in [0.5, 0.6) is 0 Å². The summed E-state index contributed by atoms with van der Waals surface area (Å²) in [4.78, 5) is 11.0. The summed E-state index contributed by atoms with van der Waals surface area (Å²) in [5.41, 5.74) is 0. The van der Waals surface area contributed by atoms with Gasteiger partial charge < -0.3 is 14.2 Å². The van der Waals surface area contributed by atoms with Gasteiger partial charge in [0, 0.05) is 13.7 Å². The Hall–Kier alpha value is -0.610. The van der Waals surface area contributed by atoms with Crippen LogP contribution in [0.3, 0.4) is 0 Å². The monoisotopic (exact) mass is 190 g/mol. The molecule has 0 fully saturated rings. The fraction of sp³-hybridized carbons (Fsp3) is 0.889. The lowest BCUT2D eigenvalue weighted by Gasteiger charge is -2.14. The zero-order chi connectivity index (χ0) is 10.1. The summed E-state index contributed by atoms with van der Waals surface area (Å²) in [5.74, 6) is -0.238. The Balaban J connectivity index is 3.71.